The van der Waals surface area contributed by atoms with Gasteiger partial charge in [0.1, 0.15) is 0 Å². The van der Waals surface area contributed by atoms with Gasteiger partial charge in [0, 0.05) is 0 Å². The van der Waals surface area contributed by atoms with Gasteiger partial charge in [-0.3, -0.25) is 10.2 Å². The summed E-state index contributed by atoms with van der Waals surface area (Å²) in [6.07, 6.45) is 0. The number of H-pyrrole nitrogens is 2. The molecule has 0 aliphatic heterocycles. The Morgan fingerprint density at radius 1 is 0.667 bits per heavy atom. The van der Waals surface area contributed by atoms with Crippen LogP contribution >= 0.6 is 0 Å². The van der Waals surface area contributed by atoms with Crippen LogP contribution in [0.2, 0.25) is 0 Å². The summed E-state index contributed by atoms with van der Waals surface area (Å²) >= 11 is 0. The van der Waals surface area contributed by atoms with Crippen LogP contribution in [-0.2, 0) is 0 Å². The summed E-state index contributed by atoms with van der Waals surface area (Å²) in [7, 11) is 0. The van der Waals surface area contributed by atoms with Crippen LogP contribution in [0.25, 0.3) is 22.2 Å². The van der Waals surface area contributed by atoms with Crippen LogP contribution in [0.5, 0.6) is 0 Å². The Morgan fingerprint density at radius 2 is 1.13 bits per heavy atom. The fourth-order valence-corrected chi connectivity index (χ4v) is 1.57. The van der Waals surface area contributed by atoms with E-state index < -0.39 is 0 Å². The molecule has 1 heterocycles. The lowest BCUT2D eigenvalue weighted by molar-refractivity contribution is 0.662. The lowest BCUT2D eigenvalue weighted by Gasteiger charge is -1.89. The third-order valence-electron chi connectivity index (χ3n) is 2.33. The van der Waals surface area contributed by atoms with Gasteiger partial charge >= 0.3 is 0 Å². The largest absolute Gasteiger partial charge is 0.453 e. The maximum Gasteiger partial charge on any atom is 0.152 e. The molecule has 15 heavy (non-hydrogen) atoms. The lowest BCUT2D eigenvalue weighted by Crippen LogP contribution is -1.75. The molecule has 3 rings (SSSR count). The number of aromatic amines is 2. The van der Waals surface area contributed by atoms with E-state index in [1.807, 2.05) is 48.5 Å². The van der Waals surface area contributed by atoms with Crippen molar-refractivity contribution in [2.45, 2.75) is 0 Å². The van der Waals surface area contributed by atoms with E-state index in [0.29, 0.717) is 0 Å². The van der Waals surface area contributed by atoms with E-state index in [4.69, 9.17) is 4.42 Å². The molecule has 0 amide bonds. The summed E-state index contributed by atoms with van der Waals surface area (Å²) in [5, 5.41) is 6.21. The van der Waals surface area contributed by atoms with Crippen LogP contribution in [0.3, 0.4) is 0 Å². The maximum absolute atomic E-state index is 5.78. The van der Waals surface area contributed by atoms with E-state index in [2.05, 4.69) is 10.2 Å². The van der Waals surface area contributed by atoms with Crippen molar-refractivity contribution in [3.8, 4) is 0 Å². The van der Waals surface area contributed by atoms with Gasteiger partial charge < -0.3 is 4.42 Å². The topological polar surface area (TPSA) is 44.7 Å². The van der Waals surface area contributed by atoms with Gasteiger partial charge in [0.25, 0.3) is 0 Å². The molecular formula is C12H10N2O. The minimum absolute atomic E-state index is 0.829. The van der Waals surface area contributed by atoms with Crippen molar-refractivity contribution < 1.29 is 4.42 Å². The monoisotopic (exact) mass is 198 g/mol. The first-order valence-corrected chi connectivity index (χ1v) is 4.81. The zero-order chi connectivity index (χ0) is 10.1. The van der Waals surface area contributed by atoms with Crippen molar-refractivity contribution in [2.75, 3.05) is 0 Å². The minimum atomic E-state index is 0.829. The molecule has 0 atom stereocenters. The van der Waals surface area contributed by atoms with Gasteiger partial charge in [0.2, 0.25) is 0 Å². The quantitative estimate of drug-likeness (QED) is 0.571. The standard InChI is InChI=1S/C12H10N2O/c1-3-7-11-9(5-1)13-14-10-6-2-4-8-12(10)15-11/h1-8,13-14H. The first-order valence-electron chi connectivity index (χ1n) is 4.81. The predicted octanol–water partition coefficient (Wildman–Crippen LogP) is 3.37. The highest BCUT2D eigenvalue weighted by molar-refractivity contribution is 5.77. The minimum Gasteiger partial charge on any atom is -0.453 e. The Kier molecular flexibility index (Phi) is 1.75. The Balaban J connectivity index is 2.54. The molecule has 0 bridgehead atoms. The van der Waals surface area contributed by atoms with Crippen LogP contribution in [0, 0.1) is 0 Å². The molecule has 0 aliphatic carbocycles. The van der Waals surface area contributed by atoms with E-state index >= 15 is 0 Å². The first-order chi connectivity index (χ1) is 7.43. The maximum atomic E-state index is 5.78. The molecule has 0 unspecified atom stereocenters. The van der Waals surface area contributed by atoms with E-state index in [1.54, 1.807) is 0 Å². The highest BCUT2D eigenvalue weighted by atomic mass is 16.3. The Morgan fingerprint density at radius 3 is 1.67 bits per heavy atom. The van der Waals surface area contributed by atoms with Crippen molar-refractivity contribution in [3.63, 3.8) is 0 Å². The number of para-hydroxylation sites is 4. The fraction of sp³-hybridized carbons (Fsp3) is 0. The van der Waals surface area contributed by atoms with Crippen LogP contribution in [0.1, 0.15) is 0 Å². The van der Waals surface area contributed by atoms with E-state index in [9.17, 15) is 0 Å². The number of rotatable bonds is 0. The van der Waals surface area contributed by atoms with Crippen LogP contribution in [-0.4, -0.2) is 10.2 Å². The van der Waals surface area contributed by atoms with Gasteiger partial charge in [-0.2, -0.15) is 0 Å². The highest BCUT2D eigenvalue weighted by Gasteiger charge is 1.95. The van der Waals surface area contributed by atoms with Crippen molar-refractivity contribution in [1.82, 2.24) is 10.2 Å². The van der Waals surface area contributed by atoms with Gasteiger partial charge in [-0.1, -0.05) is 24.3 Å². The molecule has 74 valence electrons. The number of aromatic nitrogens is 2. The summed E-state index contributed by atoms with van der Waals surface area (Å²) < 4.78 is 5.78. The molecule has 2 aromatic carbocycles. The third-order valence-corrected chi connectivity index (χ3v) is 2.33. The molecule has 3 nitrogen and oxygen atoms in total. The number of nitrogens with one attached hydrogen (secondary N) is 2. The van der Waals surface area contributed by atoms with Crippen molar-refractivity contribution in [3.05, 3.63) is 48.5 Å². The van der Waals surface area contributed by atoms with E-state index in [-0.39, 0.29) is 0 Å². The Labute approximate surface area is 86.0 Å². The van der Waals surface area contributed by atoms with Gasteiger partial charge in [-0.25, -0.2) is 0 Å². The summed E-state index contributed by atoms with van der Waals surface area (Å²) in [5.74, 6) is 0. The molecule has 2 N–H and O–H groups in total. The Bertz CT molecular complexity index is 588. The van der Waals surface area contributed by atoms with Gasteiger partial charge in [-0.15, -0.1) is 0 Å². The SMILES string of the molecule is c1ccc2oc3ccccc3[nH][nH]c2c1. The van der Waals surface area contributed by atoms with Crippen molar-refractivity contribution >= 4 is 22.2 Å². The van der Waals surface area contributed by atoms with Crippen LogP contribution in [0.15, 0.2) is 52.9 Å². The molecule has 0 spiro atoms. The van der Waals surface area contributed by atoms with Crippen LogP contribution in [0.4, 0.5) is 0 Å². The number of hydrogen-bond acceptors (Lipinski definition) is 1. The van der Waals surface area contributed by atoms with E-state index in [0.717, 1.165) is 22.2 Å². The van der Waals surface area contributed by atoms with Gasteiger partial charge in [0.15, 0.2) is 11.2 Å². The summed E-state index contributed by atoms with van der Waals surface area (Å²) in [6, 6.07) is 15.6. The Hall–Kier alpha value is -2.16. The number of fused-ring (bicyclic) bond motifs is 2. The number of benzene rings is 2. The molecule has 3 aromatic rings. The van der Waals surface area contributed by atoms with Gasteiger partial charge in [-0.05, 0) is 24.3 Å². The third kappa shape index (κ3) is 1.38. The molecule has 0 saturated carbocycles. The molecule has 0 saturated heterocycles. The second-order valence-electron chi connectivity index (χ2n) is 3.34. The fourth-order valence-electron chi connectivity index (χ4n) is 1.57. The first kappa shape index (κ1) is 8.17. The summed E-state index contributed by atoms with van der Waals surface area (Å²) in [6.45, 7) is 0. The number of hydrogen-bond donors (Lipinski definition) is 2. The molecule has 3 heteroatoms. The highest BCUT2D eigenvalue weighted by Crippen LogP contribution is 2.15. The molecular weight excluding hydrogens is 188 g/mol. The van der Waals surface area contributed by atoms with Crippen molar-refractivity contribution in [1.29, 1.82) is 0 Å². The van der Waals surface area contributed by atoms with Crippen LogP contribution < -0.4 is 0 Å². The predicted molar refractivity (Wildman–Crippen MR) is 60.0 cm³/mol. The van der Waals surface area contributed by atoms with Crippen molar-refractivity contribution in [2.24, 2.45) is 0 Å². The molecule has 0 aliphatic rings. The average molecular weight is 198 g/mol. The lowest BCUT2D eigenvalue weighted by atomic mass is 10.3. The van der Waals surface area contributed by atoms with E-state index in [1.165, 1.54) is 0 Å². The summed E-state index contributed by atoms with van der Waals surface area (Å²) in [4.78, 5) is 0. The molecule has 1 aromatic heterocycles. The summed E-state index contributed by atoms with van der Waals surface area (Å²) in [5.41, 5.74) is 3.53. The normalized spacial score (nSPS) is 10.7. The molecule has 0 radical (unpaired) electrons. The second-order valence-corrected chi connectivity index (χ2v) is 3.34. The van der Waals surface area contributed by atoms with Gasteiger partial charge in [0.05, 0.1) is 11.0 Å². The smallest absolute Gasteiger partial charge is 0.152 e. The molecule has 0 fully saturated rings. The second kappa shape index (κ2) is 3.20. The zero-order valence-corrected chi connectivity index (χ0v) is 8.03. The average Bonchev–Trinajstić information content (AvgIpc) is 2.48. The zero-order valence-electron chi connectivity index (χ0n) is 8.03.